The van der Waals surface area contributed by atoms with E-state index in [9.17, 15) is 4.79 Å². The molecular weight excluding hydrogens is 160 g/mol. The fourth-order valence-electron chi connectivity index (χ4n) is 3.68. The molecule has 1 heteroatoms. The molecule has 2 atom stereocenters. The van der Waals surface area contributed by atoms with Crippen molar-refractivity contribution in [3.63, 3.8) is 0 Å². The first-order chi connectivity index (χ1) is 6.27. The van der Waals surface area contributed by atoms with Gasteiger partial charge >= 0.3 is 0 Å². The second kappa shape index (κ2) is 2.26. The molecule has 0 heterocycles. The molecule has 13 heavy (non-hydrogen) atoms. The molecule has 0 saturated heterocycles. The van der Waals surface area contributed by atoms with E-state index in [0.717, 1.165) is 19.3 Å². The van der Waals surface area contributed by atoms with Gasteiger partial charge in [-0.3, -0.25) is 4.79 Å². The van der Waals surface area contributed by atoms with Crippen molar-refractivity contribution in [1.82, 2.24) is 0 Å². The lowest BCUT2D eigenvalue weighted by molar-refractivity contribution is -0.130. The molecule has 3 aliphatic carbocycles. The zero-order valence-corrected chi connectivity index (χ0v) is 8.01. The molecule has 3 aliphatic rings. The molecule has 0 aliphatic heterocycles. The van der Waals surface area contributed by atoms with Crippen molar-refractivity contribution in [3.05, 3.63) is 12.2 Å². The van der Waals surface area contributed by atoms with Gasteiger partial charge in [-0.2, -0.15) is 0 Å². The Hall–Kier alpha value is -0.590. The molecule has 1 nitrogen and oxygen atoms in total. The first kappa shape index (κ1) is 7.78. The number of rotatable bonds is 0. The molecule has 2 fully saturated rings. The van der Waals surface area contributed by atoms with Crippen molar-refractivity contribution in [2.45, 2.75) is 44.9 Å². The van der Waals surface area contributed by atoms with Crippen LogP contribution in [0.15, 0.2) is 12.2 Å². The van der Waals surface area contributed by atoms with Crippen LogP contribution in [0.5, 0.6) is 0 Å². The van der Waals surface area contributed by atoms with Gasteiger partial charge in [0.1, 0.15) is 5.78 Å². The van der Waals surface area contributed by atoms with Crippen molar-refractivity contribution >= 4 is 5.78 Å². The molecule has 0 aromatic rings. The Morgan fingerprint density at radius 1 is 1.00 bits per heavy atom. The number of carbonyl (C=O) groups is 1. The van der Waals surface area contributed by atoms with E-state index in [1.54, 1.807) is 0 Å². The lowest BCUT2D eigenvalue weighted by Gasteiger charge is -2.59. The molecule has 3 rings (SSSR count). The maximum atomic E-state index is 11.5. The molecule has 0 aromatic carbocycles. The molecule has 0 unspecified atom stereocenters. The molecule has 0 spiro atoms. The number of hydrogen-bond donors (Lipinski definition) is 0. The van der Waals surface area contributed by atoms with E-state index in [1.807, 2.05) is 0 Å². The zero-order chi connectivity index (χ0) is 8.94. The van der Waals surface area contributed by atoms with E-state index < -0.39 is 0 Å². The monoisotopic (exact) mass is 176 g/mol. The van der Waals surface area contributed by atoms with Gasteiger partial charge in [0, 0.05) is 18.3 Å². The Balaban J connectivity index is 1.99. The van der Waals surface area contributed by atoms with Gasteiger partial charge in [-0.1, -0.05) is 25.0 Å². The summed E-state index contributed by atoms with van der Waals surface area (Å²) in [5.74, 6) is 0.502. The third kappa shape index (κ3) is 0.806. The highest BCUT2D eigenvalue weighted by atomic mass is 16.1. The fraction of sp³-hybridized carbons (Fsp3) is 0.750. The summed E-state index contributed by atoms with van der Waals surface area (Å²) in [5, 5.41) is 0. The van der Waals surface area contributed by atoms with Crippen LogP contribution in [0.25, 0.3) is 0 Å². The quantitative estimate of drug-likeness (QED) is 0.519. The highest BCUT2D eigenvalue weighted by Gasteiger charge is 2.57. The van der Waals surface area contributed by atoms with Crippen LogP contribution in [0.2, 0.25) is 0 Å². The molecule has 0 radical (unpaired) electrons. The van der Waals surface area contributed by atoms with E-state index in [2.05, 4.69) is 12.2 Å². The van der Waals surface area contributed by atoms with Crippen LogP contribution in [0.4, 0.5) is 0 Å². The number of ketones is 1. The molecular formula is C12H16O. The van der Waals surface area contributed by atoms with Crippen LogP contribution in [-0.2, 0) is 4.79 Å². The second-order valence-corrected chi connectivity index (χ2v) is 5.07. The van der Waals surface area contributed by atoms with Gasteiger partial charge < -0.3 is 0 Å². The van der Waals surface area contributed by atoms with Gasteiger partial charge in [0.25, 0.3) is 0 Å². The highest BCUT2D eigenvalue weighted by molar-refractivity contribution is 5.81. The van der Waals surface area contributed by atoms with E-state index >= 15 is 0 Å². The molecule has 70 valence electrons. The Labute approximate surface area is 79.2 Å². The summed E-state index contributed by atoms with van der Waals surface area (Å²) < 4.78 is 0. The summed E-state index contributed by atoms with van der Waals surface area (Å²) in [6.45, 7) is 0. The van der Waals surface area contributed by atoms with Crippen LogP contribution in [-0.4, -0.2) is 5.78 Å². The Morgan fingerprint density at radius 2 is 1.69 bits per heavy atom. The van der Waals surface area contributed by atoms with Crippen molar-refractivity contribution in [1.29, 1.82) is 0 Å². The Kier molecular flexibility index (Phi) is 1.35. The number of Topliss-reactive ketones (excluding diaryl/α,β-unsaturated/α-hetero) is 1. The largest absolute Gasteiger partial charge is 0.300 e. The number of hydrogen-bond acceptors (Lipinski definition) is 1. The first-order valence-corrected chi connectivity index (χ1v) is 5.49. The molecule has 0 aromatic heterocycles. The minimum absolute atomic E-state index is 0.334. The van der Waals surface area contributed by atoms with E-state index in [4.69, 9.17) is 0 Å². The van der Waals surface area contributed by atoms with E-state index in [1.165, 1.54) is 25.7 Å². The van der Waals surface area contributed by atoms with Crippen LogP contribution in [0.1, 0.15) is 44.9 Å². The van der Waals surface area contributed by atoms with Gasteiger partial charge in [-0.25, -0.2) is 0 Å². The van der Waals surface area contributed by atoms with E-state index in [0.29, 0.717) is 16.6 Å². The summed E-state index contributed by atoms with van der Waals surface area (Å²) in [7, 11) is 0. The van der Waals surface area contributed by atoms with Crippen LogP contribution >= 0.6 is 0 Å². The van der Waals surface area contributed by atoms with Gasteiger partial charge in [0.15, 0.2) is 0 Å². The first-order valence-electron chi connectivity index (χ1n) is 5.49. The van der Waals surface area contributed by atoms with E-state index in [-0.39, 0.29) is 0 Å². The zero-order valence-electron chi connectivity index (χ0n) is 8.01. The summed E-state index contributed by atoms with van der Waals surface area (Å²) in [6, 6.07) is 0. The molecule has 0 bridgehead atoms. The van der Waals surface area contributed by atoms with Gasteiger partial charge in [-0.05, 0) is 24.7 Å². The summed E-state index contributed by atoms with van der Waals surface area (Å²) in [5.41, 5.74) is 0.805. The smallest absolute Gasteiger partial charge is 0.133 e. The lowest BCUT2D eigenvalue weighted by atomic mass is 9.44. The van der Waals surface area contributed by atoms with Gasteiger partial charge in [0.2, 0.25) is 0 Å². The van der Waals surface area contributed by atoms with Crippen LogP contribution < -0.4 is 0 Å². The number of allylic oxidation sites excluding steroid dienone is 2. The normalized spacial score (nSPS) is 47.8. The van der Waals surface area contributed by atoms with Crippen molar-refractivity contribution in [2.75, 3.05) is 0 Å². The van der Waals surface area contributed by atoms with Gasteiger partial charge in [0.05, 0.1) is 0 Å². The average Bonchev–Trinajstić information content (AvgIpc) is 2.11. The molecule has 0 N–H and O–H groups in total. The second-order valence-electron chi connectivity index (χ2n) is 5.07. The summed E-state index contributed by atoms with van der Waals surface area (Å²) in [6.07, 6.45) is 12.9. The maximum Gasteiger partial charge on any atom is 0.133 e. The summed E-state index contributed by atoms with van der Waals surface area (Å²) in [4.78, 5) is 11.5. The maximum absolute atomic E-state index is 11.5. The minimum atomic E-state index is 0.334. The van der Waals surface area contributed by atoms with Crippen LogP contribution in [0, 0.1) is 10.8 Å². The highest BCUT2D eigenvalue weighted by Crippen LogP contribution is 2.65. The Morgan fingerprint density at radius 3 is 2.38 bits per heavy atom. The minimum Gasteiger partial charge on any atom is -0.300 e. The van der Waals surface area contributed by atoms with Crippen molar-refractivity contribution in [2.24, 2.45) is 10.8 Å². The predicted molar refractivity (Wildman–Crippen MR) is 51.3 cm³/mol. The predicted octanol–water partition coefficient (Wildman–Crippen LogP) is 2.86. The van der Waals surface area contributed by atoms with Crippen molar-refractivity contribution < 1.29 is 4.79 Å². The topological polar surface area (TPSA) is 17.1 Å². The van der Waals surface area contributed by atoms with Crippen LogP contribution in [0.3, 0.4) is 0 Å². The SMILES string of the molecule is O=C1CC[C@@]23C=C[C@@]2(CCCC3)C1. The molecule has 0 amide bonds. The summed E-state index contributed by atoms with van der Waals surface area (Å²) >= 11 is 0. The number of carbonyl (C=O) groups excluding carboxylic acids is 1. The Bertz CT molecular complexity index is 291. The molecule has 2 saturated carbocycles. The average molecular weight is 176 g/mol. The third-order valence-electron chi connectivity index (χ3n) is 4.57. The fourth-order valence-corrected chi connectivity index (χ4v) is 3.68. The van der Waals surface area contributed by atoms with Gasteiger partial charge in [-0.15, -0.1) is 0 Å². The standard InChI is InChI=1S/C12H16O/c13-10-3-6-11-4-1-2-5-12(11,9-10)8-7-11/h7-8H,1-6,9H2/t11-,12-/m0/s1. The van der Waals surface area contributed by atoms with Crippen molar-refractivity contribution in [3.8, 4) is 0 Å². The third-order valence-corrected chi connectivity index (χ3v) is 4.57. The lowest BCUT2D eigenvalue weighted by Crippen LogP contribution is -2.52.